The van der Waals surface area contributed by atoms with Gasteiger partial charge >= 0.3 is 0 Å². The Labute approximate surface area is 166 Å². The van der Waals surface area contributed by atoms with Crippen molar-refractivity contribution >= 4 is 11.6 Å². The summed E-state index contributed by atoms with van der Waals surface area (Å²) in [6.45, 7) is 1.41. The molecule has 1 atom stereocenters. The Morgan fingerprint density at radius 2 is 1.86 bits per heavy atom. The molecule has 3 rings (SSSR count). The van der Waals surface area contributed by atoms with E-state index in [9.17, 15) is 20.0 Å². The predicted octanol–water partition coefficient (Wildman–Crippen LogP) is 1.98. The monoisotopic (exact) mass is 404 g/mol. The van der Waals surface area contributed by atoms with Gasteiger partial charge in [0.2, 0.25) is 6.79 Å². The number of aliphatic hydroxyl groups is 1. The van der Waals surface area contributed by atoms with Gasteiger partial charge in [0, 0.05) is 6.07 Å². The zero-order chi connectivity index (χ0) is 21.2. The van der Waals surface area contributed by atoms with Gasteiger partial charge in [-0.15, -0.1) is 0 Å². The summed E-state index contributed by atoms with van der Waals surface area (Å²) >= 11 is 0. The van der Waals surface area contributed by atoms with Crippen molar-refractivity contribution < 1.29 is 33.8 Å². The van der Waals surface area contributed by atoms with E-state index in [0.717, 1.165) is 6.07 Å². The molecule has 0 aliphatic carbocycles. The predicted molar refractivity (Wildman–Crippen MR) is 101 cm³/mol. The molecule has 0 aromatic heterocycles. The second-order valence-corrected chi connectivity index (χ2v) is 6.51. The average molecular weight is 404 g/mol. The SMILES string of the molecule is COc1cc(C(=O)NCC(C)(O)c2ccc3c(c2)OCO3)c([N+](=O)[O-])cc1OC. The van der Waals surface area contributed by atoms with Crippen molar-refractivity contribution in [3.8, 4) is 23.0 Å². The number of nitrogens with one attached hydrogen (secondary N) is 1. The number of ether oxygens (including phenoxy) is 4. The summed E-state index contributed by atoms with van der Waals surface area (Å²) in [4.78, 5) is 23.3. The molecule has 2 aromatic rings. The molecule has 1 aliphatic heterocycles. The van der Waals surface area contributed by atoms with Gasteiger partial charge in [-0.25, -0.2) is 0 Å². The fraction of sp³-hybridized carbons (Fsp3) is 0.316. The zero-order valence-corrected chi connectivity index (χ0v) is 16.1. The number of fused-ring (bicyclic) bond motifs is 1. The van der Waals surface area contributed by atoms with Crippen molar-refractivity contribution in [2.24, 2.45) is 0 Å². The maximum Gasteiger partial charge on any atom is 0.286 e. The molecule has 0 fully saturated rings. The van der Waals surface area contributed by atoms with Crippen LogP contribution in [0.25, 0.3) is 0 Å². The molecule has 0 radical (unpaired) electrons. The van der Waals surface area contributed by atoms with E-state index in [0.29, 0.717) is 17.1 Å². The number of nitro groups is 1. The van der Waals surface area contributed by atoms with Crippen LogP contribution in [0, 0.1) is 10.1 Å². The smallest absolute Gasteiger partial charge is 0.286 e. The van der Waals surface area contributed by atoms with Crippen molar-refractivity contribution in [2.45, 2.75) is 12.5 Å². The molecule has 1 unspecified atom stereocenters. The average Bonchev–Trinajstić information content (AvgIpc) is 3.18. The number of amides is 1. The summed E-state index contributed by atoms with van der Waals surface area (Å²) in [5.41, 5.74) is -1.62. The minimum Gasteiger partial charge on any atom is -0.493 e. The highest BCUT2D eigenvalue weighted by Gasteiger charge is 2.29. The summed E-state index contributed by atoms with van der Waals surface area (Å²) < 4.78 is 20.7. The van der Waals surface area contributed by atoms with E-state index in [4.69, 9.17) is 18.9 Å². The van der Waals surface area contributed by atoms with E-state index in [2.05, 4.69) is 5.32 Å². The lowest BCUT2D eigenvalue weighted by Crippen LogP contribution is -2.38. The first-order chi connectivity index (χ1) is 13.8. The van der Waals surface area contributed by atoms with Crippen LogP contribution < -0.4 is 24.3 Å². The first-order valence-corrected chi connectivity index (χ1v) is 8.58. The van der Waals surface area contributed by atoms with Crippen LogP contribution >= 0.6 is 0 Å². The summed E-state index contributed by atoms with van der Waals surface area (Å²) in [7, 11) is 2.69. The second kappa shape index (κ2) is 7.84. The number of carbonyl (C=O) groups is 1. The Morgan fingerprint density at radius 3 is 2.52 bits per heavy atom. The fourth-order valence-electron chi connectivity index (χ4n) is 2.88. The number of nitrogens with zero attached hydrogens (tertiary/aromatic N) is 1. The number of nitro benzene ring substituents is 1. The highest BCUT2D eigenvalue weighted by Crippen LogP contribution is 2.36. The van der Waals surface area contributed by atoms with E-state index < -0.39 is 22.1 Å². The highest BCUT2D eigenvalue weighted by molar-refractivity contribution is 5.99. The molecule has 10 nitrogen and oxygen atoms in total. The number of benzene rings is 2. The molecular weight excluding hydrogens is 384 g/mol. The molecule has 0 saturated carbocycles. The Balaban J connectivity index is 1.82. The van der Waals surface area contributed by atoms with Gasteiger partial charge < -0.3 is 29.4 Å². The molecule has 29 heavy (non-hydrogen) atoms. The third-order valence-electron chi connectivity index (χ3n) is 4.53. The van der Waals surface area contributed by atoms with Crippen molar-refractivity contribution in [1.29, 1.82) is 0 Å². The van der Waals surface area contributed by atoms with Gasteiger partial charge in [-0.1, -0.05) is 6.07 Å². The van der Waals surface area contributed by atoms with Crippen LogP contribution in [-0.4, -0.2) is 43.5 Å². The molecule has 0 spiro atoms. The van der Waals surface area contributed by atoms with Crippen LogP contribution in [0.4, 0.5) is 5.69 Å². The first kappa shape index (κ1) is 20.2. The maximum atomic E-state index is 12.6. The lowest BCUT2D eigenvalue weighted by atomic mass is 9.95. The van der Waals surface area contributed by atoms with Gasteiger partial charge in [0.05, 0.1) is 31.8 Å². The van der Waals surface area contributed by atoms with Crippen molar-refractivity contribution in [3.63, 3.8) is 0 Å². The number of carbonyl (C=O) groups excluding carboxylic acids is 1. The molecule has 10 heteroatoms. The summed E-state index contributed by atoms with van der Waals surface area (Å²) in [6, 6.07) is 7.27. The van der Waals surface area contributed by atoms with Gasteiger partial charge in [0.15, 0.2) is 23.0 Å². The third-order valence-corrected chi connectivity index (χ3v) is 4.53. The molecule has 1 aliphatic rings. The van der Waals surface area contributed by atoms with Crippen molar-refractivity contribution in [1.82, 2.24) is 5.32 Å². The van der Waals surface area contributed by atoms with Crippen molar-refractivity contribution in [3.05, 3.63) is 51.6 Å². The molecule has 0 bridgehead atoms. The maximum absolute atomic E-state index is 12.6. The van der Waals surface area contributed by atoms with Crippen LogP contribution in [0.5, 0.6) is 23.0 Å². The lowest BCUT2D eigenvalue weighted by molar-refractivity contribution is -0.385. The molecule has 2 N–H and O–H groups in total. The van der Waals surface area contributed by atoms with Gasteiger partial charge in [-0.3, -0.25) is 14.9 Å². The van der Waals surface area contributed by atoms with Crippen molar-refractivity contribution in [2.75, 3.05) is 27.6 Å². The Morgan fingerprint density at radius 1 is 1.21 bits per heavy atom. The van der Waals surface area contributed by atoms with Gasteiger partial charge in [0.1, 0.15) is 11.2 Å². The number of hydrogen-bond acceptors (Lipinski definition) is 8. The van der Waals surface area contributed by atoms with Crippen LogP contribution in [0.1, 0.15) is 22.8 Å². The molecule has 1 amide bonds. The Kier molecular flexibility index (Phi) is 5.46. The summed E-state index contributed by atoms with van der Waals surface area (Å²) in [6.07, 6.45) is 0. The van der Waals surface area contributed by atoms with E-state index in [-0.39, 0.29) is 30.4 Å². The van der Waals surface area contributed by atoms with E-state index >= 15 is 0 Å². The van der Waals surface area contributed by atoms with E-state index in [1.165, 1.54) is 27.2 Å². The minimum absolute atomic E-state index is 0.0979. The molecule has 154 valence electrons. The van der Waals surface area contributed by atoms with E-state index in [1.807, 2.05) is 0 Å². The van der Waals surface area contributed by atoms with Gasteiger partial charge in [0.25, 0.3) is 11.6 Å². The highest BCUT2D eigenvalue weighted by atomic mass is 16.7. The molecule has 0 saturated heterocycles. The topological polar surface area (TPSA) is 129 Å². The normalized spacial score (nSPS) is 14.1. The van der Waals surface area contributed by atoms with Crippen LogP contribution in [0.3, 0.4) is 0 Å². The van der Waals surface area contributed by atoms with E-state index in [1.54, 1.807) is 18.2 Å². The quantitative estimate of drug-likeness (QED) is 0.529. The van der Waals surface area contributed by atoms with Gasteiger partial charge in [-0.05, 0) is 24.6 Å². The first-order valence-electron chi connectivity index (χ1n) is 8.58. The van der Waals surface area contributed by atoms with Crippen LogP contribution in [-0.2, 0) is 5.60 Å². The summed E-state index contributed by atoms with van der Waals surface area (Å²) in [5.74, 6) is 0.617. The standard InChI is InChI=1S/C19H20N2O8/c1-19(23,11-4-5-14-17(6-11)29-10-28-14)9-20-18(22)12-7-15(26-2)16(27-3)8-13(12)21(24)25/h4-8,23H,9-10H2,1-3H3,(H,20,22). The minimum atomic E-state index is -1.46. The Bertz CT molecular complexity index is 957. The molecule has 1 heterocycles. The number of rotatable bonds is 7. The van der Waals surface area contributed by atoms with Crippen LogP contribution in [0.2, 0.25) is 0 Å². The van der Waals surface area contributed by atoms with Gasteiger partial charge in [-0.2, -0.15) is 0 Å². The second-order valence-electron chi connectivity index (χ2n) is 6.51. The third kappa shape index (κ3) is 4.02. The molecule has 2 aromatic carbocycles. The van der Waals surface area contributed by atoms with Crippen LogP contribution in [0.15, 0.2) is 30.3 Å². The number of methoxy groups -OCH3 is 2. The summed E-state index contributed by atoms with van der Waals surface area (Å²) in [5, 5.41) is 24.7. The number of hydrogen-bond donors (Lipinski definition) is 2. The fourth-order valence-corrected chi connectivity index (χ4v) is 2.88. The lowest BCUT2D eigenvalue weighted by Gasteiger charge is -2.24. The Hall–Kier alpha value is -3.53. The molecular formula is C19H20N2O8. The largest absolute Gasteiger partial charge is 0.493 e. The zero-order valence-electron chi connectivity index (χ0n) is 16.1.